The van der Waals surface area contributed by atoms with Gasteiger partial charge in [0.2, 0.25) is 0 Å². The van der Waals surface area contributed by atoms with Gasteiger partial charge in [-0.3, -0.25) is 10.1 Å². The third-order valence-corrected chi connectivity index (χ3v) is 4.25. The first kappa shape index (κ1) is 17.3. The Morgan fingerprint density at radius 2 is 1.96 bits per heavy atom. The molecule has 0 radical (unpaired) electrons. The van der Waals surface area contributed by atoms with Gasteiger partial charge in [-0.1, -0.05) is 23.2 Å². The third kappa shape index (κ3) is 3.60. The SMILES string of the molecule is Cc1cc2oc(=O)cc(COc3ccc(Cl)cc3[N+](=O)[O-])c2cc1Cl. The molecule has 0 aliphatic carbocycles. The predicted molar refractivity (Wildman–Crippen MR) is 94.7 cm³/mol. The highest BCUT2D eigenvalue weighted by molar-refractivity contribution is 6.32. The first-order valence-electron chi connectivity index (χ1n) is 7.15. The number of hydrogen-bond acceptors (Lipinski definition) is 5. The van der Waals surface area contributed by atoms with Crippen LogP contribution in [0, 0.1) is 17.0 Å². The first-order valence-corrected chi connectivity index (χ1v) is 7.90. The van der Waals surface area contributed by atoms with Crippen molar-refractivity contribution in [1.29, 1.82) is 0 Å². The summed E-state index contributed by atoms with van der Waals surface area (Å²) in [7, 11) is 0. The van der Waals surface area contributed by atoms with Crippen molar-refractivity contribution in [2.45, 2.75) is 13.5 Å². The molecule has 128 valence electrons. The Morgan fingerprint density at radius 3 is 2.68 bits per heavy atom. The van der Waals surface area contributed by atoms with Crippen LogP contribution in [0.4, 0.5) is 5.69 Å². The zero-order valence-electron chi connectivity index (χ0n) is 12.9. The van der Waals surface area contributed by atoms with E-state index in [1.54, 1.807) is 19.1 Å². The molecule has 0 saturated heterocycles. The second-order valence-corrected chi connectivity index (χ2v) is 6.19. The minimum absolute atomic E-state index is 0.0500. The molecular formula is C17H11Cl2NO5. The van der Waals surface area contributed by atoms with E-state index >= 15 is 0 Å². The summed E-state index contributed by atoms with van der Waals surface area (Å²) in [5.41, 5.74) is 0.854. The van der Waals surface area contributed by atoms with Crippen LogP contribution in [0.3, 0.4) is 0 Å². The zero-order valence-corrected chi connectivity index (χ0v) is 14.4. The van der Waals surface area contributed by atoms with Gasteiger partial charge in [-0.15, -0.1) is 0 Å². The van der Waals surface area contributed by atoms with Gasteiger partial charge in [0.15, 0.2) is 5.75 Å². The Balaban J connectivity index is 2.01. The summed E-state index contributed by atoms with van der Waals surface area (Å²) in [6.45, 7) is 1.73. The molecule has 0 saturated carbocycles. The van der Waals surface area contributed by atoms with E-state index in [0.29, 0.717) is 21.6 Å². The van der Waals surface area contributed by atoms with E-state index in [9.17, 15) is 14.9 Å². The van der Waals surface area contributed by atoms with Crippen LogP contribution in [-0.4, -0.2) is 4.92 Å². The number of nitrogens with zero attached hydrogens (tertiary/aromatic N) is 1. The lowest BCUT2D eigenvalue weighted by Crippen LogP contribution is -2.05. The van der Waals surface area contributed by atoms with Crippen LogP contribution in [0.1, 0.15) is 11.1 Å². The number of aryl methyl sites for hydroxylation is 1. The van der Waals surface area contributed by atoms with Gasteiger partial charge < -0.3 is 9.15 Å². The lowest BCUT2D eigenvalue weighted by Gasteiger charge is -2.10. The van der Waals surface area contributed by atoms with Gasteiger partial charge in [0.1, 0.15) is 12.2 Å². The van der Waals surface area contributed by atoms with Crippen LogP contribution >= 0.6 is 23.2 Å². The van der Waals surface area contributed by atoms with Gasteiger partial charge in [-0.05, 0) is 36.8 Å². The second-order valence-electron chi connectivity index (χ2n) is 5.35. The number of nitro benzene ring substituents is 1. The van der Waals surface area contributed by atoms with E-state index in [1.165, 1.54) is 24.3 Å². The number of rotatable bonds is 4. The molecule has 0 spiro atoms. The van der Waals surface area contributed by atoms with Gasteiger partial charge in [0, 0.05) is 33.1 Å². The van der Waals surface area contributed by atoms with E-state index in [-0.39, 0.29) is 23.1 Å². The van der Waals surface area contributed by atoms with E-state index in [2.05, 4.69) is 0 Å². The normalized spacial score (nSPS) is 10.8. The molecule has 3 aromatic rings. The lowest BCUT2D eigenvalue weighted by molar-refractivity contribution is -0.385. The molecule has 2 aromatic carbocycles. The summed E-state index contributed by atoms with van der Waals surface area (Å²) in [6, 6.07) is 8.70. The number of ether oxygens (including phenoxy) is 1. The maximum atomic E-state index is 11.8. The Bertz CT molecular complexity index is 1050. The monoisotopic (exact) mass is 379 g/mol. The number of hydrogen-bond donors (Lipinski definition) is 0. The average molecular weight is 380 g/mol. The second kappa shape index (κ2) is 6.74. The summed E-state index contributed by atoms with van der Waals surface area (Å²) in [5, 5.41) is 12.5. The van der Waals surface area contributed by atoms with Crippen molar-refractivity contribution < 1.29 is 14.1 Å². The van der Waals surface area contributed by atoms with Crippen molar-refractivity contribution in [3.05, 3.63) is 78.1 Å². The smallest absolute Gasteiger partial charge is 0.336 e. The van der Waals surface area contributed by atoms with E-state index < -0.39 is 10.5 Å². The zero-order chi connectivity index (χ0) is 18.1. The fraction of sp³-hybridized carbons (Fsp3) is 0.118. The number of halogens is 2. The summed E-state index contributed by atoms with van der Waals surface area (Å²) in [4.78, 5) is 22.3. The Kier molecular flexibility index (Phi) is 4.65. The topological polar surface area (TPSA) is 82.6 Å². The molecule has 6 nitrogen and oxygen atoms in total. The molecule has 0 fully saturated rings. The molecule has 3 rings (SSSR count). The minimum atomic E-state index is -0.584. The van der Waals surface area contributed by atoms with Gasteiger partial charge in [-0.2, -0.15) is 0 Å². The van der Waals surface area contributed by atoms with Crippen molar-refractivity contribution in [2.75, 3.05) is 0 Å². The third-order valence-electron chi connectivity index (χ3n) is 3.61. The quantitative estimate of drug-likeness (QED) is 0.365. The molecule has 0 atom stereocenters. The molecule has 1 heterocycles. The van der Waals surface area contributed by atoms with Crippen LogP contribution in [0.15, 0.2) is 45.6 Å². The van der Waals surface area contributed by atoms with Crippen molar-refractivity contribution in [3.8, 4) is 5.75 Å². The summed E-state index contributed by atoms with van der Waals surface area (Å²) < 4.78 is 10.7. The number of nitro groups is 1. The van der Waals surface area contributed by atoms with E-state index in [1.807, 2.05) is 0 Å². The molecule has 0 amide bonds. The predicted octanol–water partition coefficient (Wildman–Crippen LogP) is 4.90. The summed E-state index contributed by atoms with van der Waals surface area (Å²) >= 11 is 11.9. The average Bonchev–Trinajstić information content (AvgIpc) is 2.55. The molecule has 8 heteroatoms. The van der Waals surface area contributed by atoms with Gasteiger partial charge in [-0.25, -0.2) is 4.79 Å². The van der Waals surface area contributed by atoms with Crippen molar-refractivity contribution >= 4 is 39.9 Å². The van der Waals surface area contributed by atoms with E-state index in [0.717, 1.165) is 5.56 Å². The molecule has 0 aliphatic heterocycles. The molecule has 1 aromatic heterocycles. The molecule has 0 aliphatic rings. The summed E-state index contributed by atoms with van der Waals surface area (Å²) in [6.07, 6.45) is 0. The highest BCUT2D eigenvalue weighted by atomic mass is 35.5. The summed E-state index contributed by atoms with van der Waals surface area (Å²) in [5.74, 6) is 0.0500. The largest absolute Gasteiger partial charge is 0.482 e. The molecular weight excluding hydrogens is 369 g/mol. The van der Waals surface area contributed by atoms with Gasteiger partial charge in [0.05, 0.1) is 4.92 Å². The van der Waals surface area contributed by atoms with E-state index in [4.69, 9.17) is 32.4 Å². The highest BCUT2D eigenvalue weighted by Gasteiger charge is 2.17. The highest BCUT2D eigenvalue weighted by Crippen LogP contribution is 2.31. The Morgan fingerprint density at radius 1 is 1.20 bits per heavy atom. The Labute approximate surface area is 151 Å². The van der Waals surface area contributed by atoms with Crippen LogP contribution in [0.5, 0.6) is 5.75 Å². The molecule has 25 heavy (non-hydrogen) atoms. The van der Waals surface area contributed by atoms with Crippen LogP contribution < -0.4 is 10.4 Å². The maximum Gasteiger partial charge on any atom is 0.336 e. The van der Waals surface area contributed by atoms with Crippen molar-refractivity contribution in [3.63, 3.8) is 0 Å². The molecule has 0 bridgehead atoms. The fourth-order valence-electron chi connectivity index (χ4n) is 2.38. The fourth-order valence-corrected chi connectivity index (χ4v) is 2.71. The van der Waals surface area contributed by atoms with Gasteiger partial charge >= 0.3 is 11.3 Å². The minimum Gasteiger partial charge on any atom is -0.482 e. The first-order chi connectivity index (χ1) is 11.8. The van der Waals surface area contributed by atoms with Crippen LogP contribution in [-0.2, 0) is 6.61 Å². The standard InChI is InChI=1S/C17H11Cl2NO5/c1-9-4-16-12(7-13(9)19)10(5-17(21)25-16)8-24-15-3-2-11(18)6-14(15)20(22)23/h2-7H,8H2,1H3. The number of benzene rings is 2. The Hall–Kier alpha value is -2.57. The number of fused-ring (bicyclic) bond motifs is 1. The van der Waals surface area contributed by atoms with Gasteiger partial charge in [0.25, 0.3) is 0 Å². The maximum absolute atomic E-state index is 11.8. The lowest BCUT2D eigenvalue weighted by atomic mass is 10.1. The van der Waals surface area contributed by atoms with Crippen molar-refractivity contribution in [2.24, 2.45) is 0 Å². The van der Waals surface area contributed by atoms with Crippen molar-refractivity contribution in [1.82, 2.24) is 0 Å². The molecule has 0 unspecified atom stereocenters. The van der Waals surface area contributed by atoms with Crippen LogP contribution in [0.2, 0.25) is 10.0 Å². The molecule has 0 N–H and O–H groups in total. The van der Waals surface area contributed by atoms with Crippen LogP contribution in [0.25, 0.3) is 11.0 Å².